The first kappa shape index (κ1) is 56.4. The van der Waals surface area contributed by atoms with Gasteiger partial charge in [0.1, 0.15) is 13.2 Å². The van der Waals surface area contributed by atoms with Gasteiger partial charge in [0.25, 0.3) is 0 Å². The molecular weight excluding hydrogens is 733 g/mol. The molecule has 59 heavy (non-hydrogen) atoms. The molecule has 0 rings (SSSR count). The van der Waals surface area contributed by atoms with Gasteiger partial charge in [0.05, 0.1) is 0 Å². The molecular formula is C53H94O6. The molecule has 0 aliphatic carbocycles. The second kappa shape index (κ2) is 48.0. The highest BCUT2D eigenvalue weighted by Crippen LogP contribution is 2.15. The molecule has 342 valence electrons. The van der Waals surface area contributed by atoms with Gasteiger partial charge in [-0.1, -0.05) is 204 Å². The molecule has 0 heterocycles. The summed E-state index contributed by atoms with van der Waals surface area (Å²) < 4.78 is 16.7. The fraction of sp³-hybridized carbons (Fsp3) is 0.792. The van der Waals surface area contributed by atoms with Crippen LogP contribution >= 0.6 is 0 Å². The summed E-state index contributed by atoms with van der Waals surface area (Å²) in [6.07, 6.45) is 56.8. The van der Waals surface area contributed by atoms with E-state index in [9.17, 15) is 14.4 Å². The summed E-state index contributed by atoms with van der Waals surface area (Å²) in [5.74, 6) is -0.925. The summed E-state index contributed by atoms with van der Waals surface area (Å²) in [6, 6.07) is 0. The van der Waals surface area contributed by atoms with Crippen LogP contribution in [0.1, 0.15) is 252 Å². The Hall–Kier alpha value is -2.63. The number of hydrogen-bond acceptors (Lipinski definition) is 6. The summed E-state index contributed by atoms with van der Waals surface area (Å²) >= 11 is 0. The molecule has 1 unspecified atom stereocenters. The maximum absolute atomic E-state index is 12.8. The van der Waals surface area contributed by atoms with Crippen LogP contribution in [0.3, 0.4) is 0 Å². The Morgan fingerprint density at radius 2 is 0.661 bits per heavy atom. The SMILES string of the molecule is CC/C=C\C/C=C\CCCCC(=O)OCC(COC(=O)CCCCCCCCC/C=C\C/C=C\CCCCC)OC(=O)CCCCCCCCCCCCCCCCC. The standard InChI is InChI=1S/C53H94O6/c1-4-7-10-13-16-19-21-23-25-26-28-29-31-34-37-40-43-46-52(55)58-49-50(48-57-51(54)45-42-39-36-33-18-15-12-9-6-3)59-53(56)47-44-41-38-35-32-30-27-24-22-20-17-14-11-8-5-2/h9,12,16,18-19,23,25,33,50H,4-8,10-11,13-15,17,20-22,24,26-32,34-49H2,1-3H3/b12-9-,19-16-,25-23-,33-18-. The van der Waals surface area contributed by atoms with Gasteiger partial charge >= 0.3 is 17.9 Å². The van der Waals surface area contributed by atoms with Crippen molar-refractivity contribution in [3.63, 3.8) is 0 Å². The highest BCUT2D eigenvalue weighted by Gasteiger charge is 2.19. The van der Waals surface area contributed by atoms with Crippen LogP contribution in [-0.2, 0) is 28.6 Å². The molecule has 0 saturated heterocycles. The molecule has 0 N–H and O–H groups in total. The van der Waals surface area contributed by atoms with E-state index in [-0.39, 0.29) is 31.1 Å². The third-order valence-electron chi connectivity index (χ3n) is 10.8. The fourth-order valence-electron chi connectivity index (χ4n) is 7.04. The zero-order chi connectivity index (χ0) is 43.0. The summed E-state index contributed by atoms with van der Waals surface area (Å²) in [6.45, 7) is 6.46. The number of ether oxygens (including phenoxy) is 3. The summed E-state index contributed by atoms with van der Waals surface area (Å²) in [5.41, 5.74) is 0. The smallest absolute Gasteiger partial charge is 0.306 e. The molecule has 0 saturated carbocycles. The highest BCUT2D eigenvalue weighted by molar-refractivity contribution is 5.71. The number of rotatable bonds is 45. The van der Waals surface area contributed by atoms with Crippen molar-refractivity contribution < 1.29 is 28.6 Å². The first-order valence-electron chi connectivity index (χ1n) is 25.1. The first-order valence-corrected chi connectivity index (χ1v) is 25.1. The van der Waals surface area contributed by atoms with Crippen LogP contribution in [0.4, 0.5) is 0 Å². The third kappa shape index (κ3) is 46.3. The monoisotopic (exact) mass is 827 g/mol. The third-order valence-corrected chi connectivity index (χ3v) is 10.8. The van der Waals surface area contributed by atoms with Gasteiger partial charge in [-0.05, 0) is 77.0 Å². The van der Waals surface area contributed by atoms with Crippen LogP contribution in [0.2, 0.25) is 0 Å². The molecule has 0 aliphatic rings. The lowest BCUT2D eigenvalue weighted by Crippen LogP contribution is -2.30. The van der Waals surface area contributed by atoms with Gasteiger partial charge in [-0.15, -0.1) is 0 Å². The van der Waals surface area contributed by atoms with Crippen molar-refractivity contribution in [3.05, 3.63) is 48.6 Å². The number of unbranched alkanes of at least 4 members (excludes halogenated alkanes) is 26. The van der Waals surface area contributed by atoms with E-state index < -0.39 is 6.10 Å². The van der Waals surface area contributed by atoms with E-state index in [1.807, 2.05) is 0 Å². The molecule has 0 spiro atoms. The van der Waals surface area contributed by atoms with Crippen LogP contribution in [0.25, 0.3) is 0 Å². The molecule has 0 amide bonds. The van der Waals surface area contributed by atoms with E-state index >= 15 is 0 Å². The lowest BCUT2D eigenvalue weighted by Gasteiger charge is -2.18. The van der Waals surface area contributed by atoms with E-state index in [1.54, 1.807) is 0 Å². The van der Waals surface area contributed by atoms with Gasteiger partial charge in [-0.3, -0.25) is 14.4 Å². The minimum absolute atomic E-state index is 0.0856. The van der Waals surface area contributed by atoms with Gasteiger partial charge in [0.15, 0.2) is 6.10 Å². The predicted molar refractivity (Wildman–Crippen MR) is 252 cm³/mol. The topological polar surface area (TPSA) is 78.9 Å². The van der Waals surface area contributed by atoms with Crippen molar-refractivity contribution in [1.82, 2.24) is 0 Å². The van der Waals surface area contributed by atoms with Crippen LogP contribution in [-0.4, -0.2) is 37.2 Å². The molecule has 0 bridgehead atoms. The quantitative estimate of drug-likeness (QED) is 0.0263. The van der Waals surface area contributed by atoms with Crippen molar-refractivity contribution in [2.45, 2.75) is 258 Å². The van der Waals surface area contributed by atoms with Crippen LogP contribution in [0.15, 0.2) is 48.6 Å². The number of carbonyl (C=O) groups is 3. The summed E-state index contributed by atoms with van der Waals surface area (Å²) in [5, 5.41) is 0. The minimum atomic E-state index is -0.785. The van der Waals surface area contributed by atoms with Crippen LogP contribution < -0.4 is 0 Å². The lowest BCUT2D eigenvalue weighted by molar-refractivity contribution is -0.167. The Kier molecular flexibility index (Phi) is 45.9. The summed E-state index contributed by atoms with van der Waals surface area (Å²) in [4.78, 5) is 37.8. The van der Waals surface area contributed by atoms with E-state index in [0.717, 1.165) is 83.5 Å². The summed E-state index contributed by atoms with van der Waals surface area (Å²) in [7, 11) is 0. The van der Waals surface area contributed by atoms with Gasteiger partial charge in [-0.25, -0.2) is 0 Å². The second-order valence-corrected chi connectivity index (χ2v) is 16.7. The highest BCUT2D eigenvalue weighted by atomic mass is 16.6. The fourth-order valence-corrected chi connectivity index (χ4v) is 7.04. The average Bonchev–Trinajstić information content (AvgIpc) is 3.23. The maximum Gasteiger partial charge on any atom is 0.306 e. The minimum Gasteiger partial charge on any atom is -0.462 e. The normalized spacial score (nSPS) is 12.4. The molecule has 0 aromatic carbocycles. The van der Waals surface area contributed by atoms with Crippen LogP contribution in [0, 0.1) is 0 Å². The maximum atomic E-state index is 12.8. The Balaban J connectivity index is 4.33. The van der Waals surface area contributed by atoms with Crippen molar-refractivity contribution >= 4 is 17.9 Å². The number of allylic oxidation sites excluding steroid dienone is 8. The largest absolute Gasteiger partial charge is 0.462 e. The molecule has 0 radical (unpaired) electrons. The number of esters is 3. The predicted octanol–water partition coefficient (Wildman–Crippen LogP) is 16.3. The Bertz CT molecular complexity index is 1040. The van der Waals surface area contributed by atoms with E-state index in [1.165, 1.54) is 128 Å². The van der Waals surface area contributed by atoms with Crippen molar-refractivity contribution in [3.8, 4) is 0 Å². The van der Waals surface area contributed by atoms with Crippen molar-refractivity contribution in [2.75, 3.05) is 13.2 Å². The molecule has 0 aromatic rings. The Morgan fingerprint density at radius 1 is 0.356 bits per heavy atom. The van der Waals surface area contributed by atoms with Crippen molar-refractivity contribution in [1.29, 1.82) is 0 Å². The lowest BCUT2D eigenvalue weighted by atomic mass is 10.0. The Labute approximate surface area is 365 Å². The molecule has 1 atom stereocenters. The van der Waals surface area contributed by atoms with Crippen molar-refractivity contribution in [2.24, 2.45) is 0 Å². The van der Waals surface area contributed by atoms with E-state index in [0.29, 0.717) is 19.3 Å². The van der Waals surface area contributed by atoms with Gasteiger partial charge in [0.2, 0.25) is 0 Å². The number of hydrogen-bond donors (Lipinski definition) is 0. The zero-order valence-corrected chi connectivity index (χ0v) is 39.0. The zero-order valence-electron chi connectivity index (χ0n) is 39.0. The average molecular weight is 827 g/mol. The molecule has 0 fully saturated rings. The van der Waals surface area contributed by atoms with Gasteiger partial charge in [-0.2, -0.15) is 0 Å². The van der Waals surface area contributed by atoms with Crippen LogP contribution in [0.5, 0.6) is 0 Å². The van der Waals surface area contributed by atoms with E-state index in [2.05, 4.69) is 69.4 Å². The molecule has 6 heteroatoms. The molecule has 0 aromatic heterocycles. The van der Waals surface area contributed by atoms with Gasteiger partial charge in [0, 0.05) is 19.3 Å². The second-order valence-electron chi connectivity index (χ2n) is 16.7. The first-order chi connectivity index (χ1) is 29.0. The van der Waals surface area contributed by atoms with Gasteiger partial charge < -0.3 is 14.2 Å². The molecule has 6 nitrogen and oxygen atoms in total. The number of carbonyl (C=O) groups excluding carboxylic acids is 3. The van der Waals surface area contributed by atoms with E-state index in [4.69, 9.17) is 14.2 Å². The Morgan fingerprint density at radius 3 is 1.08 bits per heavy atom. The molecule has 0 aliphatic heterocycles.